The van der Waals surface area contributed by atoms with E-state index in [-0.39, 0.29) is 5.56 Å². The van der Waals surface area contributed by atoms with Gasteiger partial charge < -0.3 is 10.4 Å². The molecule has 0 saturated carbocycles. The second-order valence-corrected chi connectivity index (χ2v) is 4.76. The van der Waals surface area contributed by atoms with Gasteiger partial charge in [-0.25, -0.2) is 9.48 Å². The molecule has 2 N–H and O–H groups in total. The summed E-state index contributed by atoms with van der Waals surface area (Å²) in [5.41, 5.74) is 2.14. The molecule has 1 aromatic heterocycles. The minimum Gasteiger partial charge on any atom is -0.478 e. The lowest BCUT2D eigenvalue weighted by molar-refractivity contribution is 0.0697. The van der Waals surface area contributed by atoms with Crippen LogP contribution >= 0.6 is 0 Å². The van der Waals surface area contributed by atoms with Crippen LogP contribution in [0.3, 0.4) is 0 Å². The monoisotopic (exact) mass is 281 g/mol. The number of aromatic nitrogens is 2. The molecule has 2 aromatic rings. The van der Waals surface area contributed by atoms with Crippen molar-refractivity contribution in [3.05, 3.63) is 60.3 Å². The topological polar surface area (TPSA) is 67.2 Å². The molecule has 21 heavy (non-hydrogen) atoms. The fourth-order valence-corrected chi connectivity index (χ4v) is 2.15. The Bertz CT molecular complexity index is 711. The molecule has 106 valence electrons. The maximum atomic E-state index is 10.8. The largest absolute Gasteiger partial charge is 0.478 e. The van der Waals surface area contributed by atoms with E-state index < -0.39 is 5.97 Å². The first kappa shape index (κ1) is 13.2. The summed E-state index contributed by atoms with van der Waals surface area (Å²) >= 11 is 0. The zero-order valence-electron chi connectivity index (χ0n) is 11.4. The molecule has 0 saturated heterocycles. The molecule has 0 bridgehead atoms. The smallest absolute Gasteiger partial charge is 0.335 e. The van der Waals surface area contributed by atoms with Crippen molar-refractivity contribution >= 4 is 23.2 Å². The van der Waals surface area contributed by atoms with Gasteiger partial charge in [-0.3, -0.25) is 0 Å². The van der Waals surface area contributed by atoms with Gasteiger partial charge in [0.15, 0.2) is 5.82 Å². The molecule has 0 amide bonds. The lowest BCUT2D eigenvalue weighted by Crippen LogP contribution is -2.00. The molecular formula is C16H15N3O2. The standard InChI is InChI=1S/C16H15N3O2/c20-16(21)12-6-8-13(9-7-12)17-15-10-11-19(18-15)14-4-2-1-3-5-14/h2,4-11H,1,3H2,(H,17,18)(H,20,21). The summed E-state index contributed by atoms with van der Waals surface area (Å²) in [6.45, 7) is 0. The minimum absolute atomic E-state index is 0.267. The number of carboxylic acids is 1. The number of benzene rings is 1. The Balaban J connectivity index is 1.73. The first-order valence-electron chi connectivity index (χ1n) is 6.75. The third-order valence-corrected chi connectivity index (χ3v) is 3.23. The van der Waals surface area contributed by atoms with Gasteiger partial charge in [-0.05, 0) is 43.2 Å². The molecule has 3 rings (SSSR count). The predicted molar refractivity (Wildman–Crippen MR) is 81.6 cm³/mol. The second kappa shape index (κ2) is 5.66. The molecule has 0 unspecified atom stereocenters. The van der Waals surface area contributed by atoms with Gasteiger partial charge in [-0.15, -0.1) is 0 Å². The van der Waals surface area contributed by atoms with Crippen LogP contribution in [0, 0.1) is 0 Å². The van der Waals surface area contributed by atoms with Crippen molar-refractivity contribution < 1.29 is 9.90 Å². The van der Waals surface area contributed by atoms with Crippen molar-refractivity contribution in [3.63, 3.8) is 0 Å². The molecule has 1 aliphatic carbocycles. The summed E-state index contributed by atoms with van der Waals surface area (Å²) in [6.07, 6.45) is 10.3. The molecule has 0 aliphatic heterocycles. The maximum absolute atomic E-state index is 10.8. The van der Waals surface area contributed by atoms with Crippen LogP contribution in [0.2, 0.25) is 0 Å². The molecule has 0 fully saturated rings. The number of nitrogens with zero attached hydrogens (tertiary/aromatic N) is 2. The summed E-state index contributed by atoms with van der Waals surface area (Å²) < 4.78 is 1.82. The minimum atomic E-state index is -0.929. The van der Waals surface area contributed by atoms with Crippen molar-refractivity contribution in [1.29, 1.82) is 0 Å². The zero-order chi connectivity index (χ0) is 14.7. The molecule has 1 aromatic carbocycles. The number of hydrogen-bond acceptors (Lipinski definition) is 3. The van der Waals surface area contributed by atoms with Gasteiger partial charge >= 0.3 is 5.97 Å². The first-order chi connectivity index (χ1) is 10.2. The van der Waals surface area contributed by atoms with E-state index in [0.29, 0.717) is 0 Å². The van der Waals surface area contributed by atoms with E-state index in [4.69, 9.17) is 5.11 Å². The second-order valence-electron chi connectivity index (χ2n) is 4.76. The van der Waals surface area contributed by atoms with Gasteiger partial charge in [0.2, 0.25) is 0 Å². The van der Waals surface area contributed by atoms with Crippen LogP contribution in [-0.2, 0) is 0 Å². The molecular weight excluding hydrogens is 266 g/mol. The average molecular weight is 281 g/mol. The highest BCUT2D eigenvalue weighted by molar-refractivity contribution is 5.88. The van der Waals surface area contributed by atoms with Crippen molar-refractivity contribution in [2.45, 2.75) is 12.8 Å². The van der Waals surface area contributed by atoms with Gasteiger partial charge in [0, 0.05) is 18.0 Å². The van der Waals surface area contributed by atoms with E-state index in [2.05, 4.69) is 28.6 Å². The van der Waals surface area contributed by atoms with Crippen LogP contribution in [0.4, 0.5) is 11.5 Å². The Morgan fingerprint density at radius 1 is 1.19 bits per heavy atom. The summed E-state index contributed by atoms with van der Waals surface area (Å²) in [4.78, 5) is 10.8. The van der Waals surface area contributed by atoms with Gasteiger partial charge in [-0.1, -0.05) is 12.2 Å². The average Bonchev–Trinajstić information content (AvgIpc) is 2.97. The number of anilines is 2. The SMILES string of the molecule is O=C(O)c1ccc(Nc2ccn(C3=CCCC=C3)n2)cc1. The molecule has 5 nitrogen and oxygen atoms in total. The van der Waals surface area contributed by atoms with Crippen LogP contribution in [0.15, 0.2) is 54.8 Å². The Morgan fingerprint density at radius 3 is 2.67 bits per heavy atom. The lowest BCUT2D eigenvalue weighted by Gasteiger charge is -2.07. The highest BCUT2D eigenvalue weighted by atomic mass is 16.4. The van der Waals surface area contributed by atoms with Gasteiger partial charge in [0.05, 0.1) is 11.3 Å². The van der Waals surface area contributed by atoms with Crippen LogP contribution in [0.5, 0.6) is 0 Å². The van der Waals surface area contributed by atoms with Crippen molar-refractivity contribution in [1.82, 2.24) is 9.78 Å². The molecule has 0 spiro atoms. The summed E-state index contributed by atoms with van der Waals surface area (Å²) in [5, 5.41) is 16.5. The van der Waals surface area contributed by atoms with Gasteiger partial charge in [0.25, 0.3) is 0 Å². The number of carboxylic acid groups (broad SMARTS) is 1. The van der Waals surface area contributed by atoms with E-state index in [0.717, 1.165) is 30.0 Å². The molecule has 5 heteroatoms. The number of aromatic carboxylic acids is 1. The Morgan fingerprint density at radius 2 is 2.00 bits per heavy atom. The van der Waals surface area contributed by atoms with Gasteiger partial charge in [0.1, 0.15) is 0 Å². The van der Waals surface area contributed by atoms with Gasteiger partial charge in [-0.2, -0.15) is 5.10 Å². The van der Waals surface area contributed by atoms with E-state index in [9.17, 15) is 4.79 Å². The molecule has 0 radical (unpaired) electrons. The lowest BCUT2D eigenvalue weighted by atomic mass is 10.1. The number of allylic oxidation sites excluding steroid dienone is 4. The molecule has 0 atom stereocenters. The van der Waals surface area contributed by atoms with E-state index >= 15 is 0 Å². The maximum Gasteiger partial charge on any atom is 0.335 e. The third kappa shape index (κ3) is 3.02. The zero-order valence-corrected chi connectivity index (χ0v) is 11.4. The van der Waals surface area contributed by atoms with Crippen LogP contribution in [0.1, 0.15) is 23.2 Å². The van der Waals surface area contributed by atoms with E-state index in [1.807, 2.05) is 16.9 Å². The Hall–Kier alpha value is -2.82. The van der Waals surface area contributed by atoms with Crippen LogP contribution < -0.4 is 5.32 Å². The normalized spacial score (nSPS) is 13.8. The Labute approximate surface area is 122 Å². The first-order valence-corrected chi connectivity index (χ1v) is 6.75. The number of carbonyl (C=O) groups is 1. The molecule has 1 aliphatic rings. The van der Waals surface area contributed by atoms with Crippen molar-refractivity contribution in [3.8, 4) is 0 Å². The fourth-order valence-electron chi connectivity index (χ4n) is 2.15. The van der Waals surface area contributed by atoms with E-state index in [1.54, 1.807) is 24.3 Å². The summed E-state index contributed by atoms with van der Waals surface area (Å²) in [5.74, 6) is -0.209. The fraction of sp³-hybridized carbons (Fsp3) is 0.125. The predicted octanol–water partition coefficient (Wildman–Crippen LogP) is 3.52. The van der Waals surface area contributed by atoms with Crippen LogP contribution in [-0.4, -0.2) is 20.9 Å². The highest BCUT2D eigenvalue weighted by Gasteiger charge is 2.05. The number of hydrogen-bond donors (Lipinski definition) is 2. The number of nitrogens with one attached hydrogen (secondary N) is 1. The van der Waals surface area contributed by atoms with Crippen molar-refractivity contribution in [2.75, 3.05) is 5.32 Å². The quantitative estimate of drug-likeness (QED) is 0.899. The summed E-state index contributed by atoms with van der Waals surface area (Å²) in [7, 11) is 0. The summed E-state index contributed by atoms with van der Waals surface area (Å²) in [6, 6.07) is 8.46. The third-order valence-electron chi connectivity index (χ3n) is 3.23. The number of rotatable bonds is 4. The highest BCUT2D eigenvalue weighted by Crippen LogP contribution is 2.19. The van der Waals surface area contributed by atoms with Crippen LogP contribution in [0.25, 0.3) is 5.70 Å². The molecule has 1 heterocycles. The Kier molecular flexibility index (Phi) is 3.55. The van der Waals surface area contributed by atoms with E-state index in [1.165, 1.54) is 0 Å². The van der Waals surface area contributed by atoms with Crippen molar-refractivity contribution in [2.24, 2.45) is 0 Å².